The maximum absolute atomic E-state index is 5.43. The molecule has 0 atom stereocenters. The van der Waals surface area contributed by atoms with Gasteiger partial charge in [0.15, 0.2) is 0 Å². The second-order valence-electron chi connectivity index (χ2n) is 2.65. The molecule has 0 aromatic carbocycles. The van der Waals surface area contributed by atoms with Gasteiger partial charge in [-0.05, 0) is 25.7 Å². The van der Waals surface area contributed by atoms with Crippen LogP contribution in [-0.2, 0) is 4.74 Å². The van der Waals surface area contributed by atoms with E-state index in [9.17, 15) is 0 Å². The molecule has 0 unspecified atom stereocenters. The van der Waals surface area contributed by atoms with Crippen molar-refractivity contribution in [1.82, 2.24) is 0 Å². The van der Waals surface area contributed by atoms with Crippen LogP contribution in [-0.4, -0.2) is 16.4 Å². The van der Waals surface area contributed by atoms with E-state index in [0.717, 1.165) is 4.83 Å². The van der Waals surface area contributed by atoms with E-state index < -0.39 is 0 Å². The van der Waals surface area contributed by atoms with E-state index in [2.05, 4.69) is 31.9 Å². The SMILES string of the molecule is BrCOC1CCC(Br)CC1. The number of hydrogen-bond acceptors (Lipinski definition) is 1. The molecule has 0 aromatic heterocycles. The summed E-state index contributed by atoms with van der Waals surface area (Å²) in [5.74, 6) is 0. The standard InChI is InChI=1S/C7H12Br2O/c8-5-10-7-3-1-6(9)2-4-7/h6-7H,1-5H2. The van der Waals surface area contributed by atoms with Gasteiger partial charge in [-0.1, -0.05) is 31.9 Å². The van der Waals surface area contributed by atoms with Crippen LogP contribution in [0.15, 0.2) is 0 Å². The van der Waals surface area contributed by atoms with Gasteiger partial charge < -0.3 is 4.74 Å². The third-order valence-electron chi connectivity index (χ3n) is 1.90. The van der Waals surface area contributed by atoms with Crippen LogP contribution in [0, 0.1) is 0 Å². The largest absolute Gasteiger partial charge is 0.367 e. The summed E-state index contributed by atoms with van der Waals surface area (Å²) in [6.07, 6.45) is 5.45. The molecule has 0 aromatic rings. The Morgan fingerprint density at radius 2 is 1.80 bits per heavy atom. The first-order chi connectivity index (χ1) is 4.83. The maximum Gasteiger partial charge on any atom is 0.102 e. The van der Waals surface area contributed by atoms with Crippen LogP contribution in [0.4, 0.5) is 0 Å². The smallest absolute Gasteiger partial charge is 0.102 e. The minimum Gasteiger partial charge on any atom is -0.367 e. The molecule has 0 radical (unpaired) electrons. The molecule has 10 heavy (non-hydrogen) atoms. The van der Waals surface area contributed by atoms with E-state index in [0.29, 0.717) is 11.6 Å². The van der Waals surface area contributed by atoms with Crippen molar-refractivity contribution in [3.05, 3.63) is 0 Å². The molecule has 1 nitrogen and oxygen atoms in total. The molecule has 3 heteroatoms. The number of alkyl halides is 2. The molecule has 0 amide bonds. The first kappa shape index (κ1) is 9.01. The summed E-state index contributed by atoms with van der Waals surface area (Å²) in [5.41, 5.74) is 0.685. The van der Waals surface area contributed by atoms with Crippen LogP contribution in [0.3, 0.4) is 0 Å². The van der Waals surface area contributed by atoms with Crippen molar-refractivity contribution in [1.29, 1.82) is 0 Å². The topological polar surface area (TPSA) is 9.23 Å². The Kier molecular flexibility index (Phi) is 4.26. The molecule has 0 N–H and O–H groups in total. The first-order valence-corrected chi connectivity index (χ1v) is 5.68. The molecule has 0 saturated heterocycles. The minimum atomic E-state index is 0.508. The first-order valence-electron chi connectivity index (χ1n) is 3.64. The lowest BCUT2D eigenvalue weighted by molar-refractivity contribution is 0.0642. The lowest BCUT2D eigenvalue weighted by Gasteiger charge is -2.24. The summed E-state index contributed by atoms with van der Waals surface area (Å²) in [7, 11) is 0. The summed E-state index contributed by atoms with van der Waals surface area (Å²) in [6.45, 7) is 0. The molecular formula is C7H12Br2O. The van der Waals surface area contributed by atoms with E-state index in [1.165, 1.54) is 25.7 Å². The van der Waals surface area contributed by atoms with Crippen molar-refractivity contribution >= 4 is 31.9 Å². The summed E-state index contributed by atoms with van der Waals surface area (Å²) in [6, 6.07) is 0. The minimum absolute atomic E-state index is 0.508. The van der Waals surface area contributed by atoms with Gasteiger partial charge in [0.25, 0.3) is 0 Å². The normalized spacial score (nSPS) is 34.2. The second kappa shape index (κ2) is 4.73. The molecule has 0 spiro atoms. The number of ether oxygens (including phenoxy) is 1. The van der Waals surface area contributed by atoms with E-state index in [1.54, 1.807) is 0 Å². The summed E-state index contributed by atoms with van der Waals surface area (Å²) >= 11 is 6.87. The Morgan fingerprint density at radius 3 is 2.30 bits per heavy atom. The van der Waals surface area contributed by atoms with E-state index in [-0.39, 0.29) is 0 Å². The Balaban J connectivity index is 2.13. The number of rotatable bonds is 2. The molecule has 1 rings (SSSR count). The van der Waals surface area contributed by atoms with Crippen LogP contribution >= 0.6 is 31.9 Å². The van der Waals surface area contributed by atoms with Crippen molar-refractivity contribution < 1.29 is 4.74 Å². The fourth-order valence-corrected chi connectivity index (χ4v) is 2.18. The second-order valence-corrected chi connectivity index (χ2v) is 4.40. The van der Waals surface area contributed by atoms with Crippen molar-refractivity contribution in [3.63, 3.8) is 0 Å². The van der Waals surface area contributed by atoms with E-state index in [4.69, 9.17) is 4.74 Å². The van der Waals surface area contributed by atoms with Gasteiger partial charge in [0.05, 0.1) is 6.10 Å². The molecule has 0 heterocycles. The Labute approximate surface area is 78.8 Å². The lowest BCUT2D eigenvalue weighted by Crippen LogP contribution is -2.20. The number of halogens is 2. The maximum atomic E-state index is 5.43. The average Bonchev–Trinajstić information content (AvgIpc) is 1.95. The molecule has 1 aliphatic rings. The van der Waals surface area contributed by atoms with E-state index >= 15 is 0 Å². The zero-order valence-corrected chi connectivity index (χ0v) is 9.03. The highest BCUT2D eigenvalue weighted by atomic mass is 79.9. The highest BCUT2D eigenvalue weighted by Gasteiger charge is 2.18. The number of hydrogen-bond donors (Lipinski definition) is 0. The quantitative estimate of drug-likeness (QED) is 0.702. The molecule has 0 aliphatic heterocycles. The fraction of sp³-hybridized carbons (Fsp3) is 1.00. The molecule has 0 bridgehead atoms. The Hall–Kier alpha value is 0.920. The van der Waals surface area contributed by atoms with Crippen molar-refractivity contribution in [2.24, 2.45) is 0 Å². The van der Waals surface area contributed by atoms with Crippen molar-refractivity contribution in [3.8, 4) is 0 Å². The molecule has 1 fully saturated rings. The lowest BCUT2D eigenvalue weighted by atomic mass is 9.98. The molecule has 1 aliphatic carbocycles. The van der Waals surface area contributed by atoms with Crippen LogP contribution in [0.25, 0.3) is 0 Å². The van der Waals surface area contributed by atoms with Crippen LogP contribution in [0.2, 0.25) is 0 Å². The average molecular weight is 272 g/mol. The van der Waals surface area contributed by atoms with Gasteiger partial charge in [0.2, 0.25) is 0 Å². The zero-order chi connectivity index (χ0) is 7.40. The summed E-state index contributed by atoms with van der Waals surface area (Å²) < 4.78 is 5.43. The summed E-state index contributed by atoms with van der Waals surface area (Å²) in [4.78, 5) is 0.739. The molecule has 60 valence electrons. The van der Waals surface area contributed by atoms with Crippen molar-refractivity contribution in [2.45, 2.75) is 36.6 Å². The predicted octanol–water partition coefficient (Wildman–Crippen LogP) is 3.06. The Bertz CT molecular complexity index is 89.6. The molecular weight excluding hydrogens is 260 g/mol. The van der Waals surface area contributed by atoms with Gasteiger partial charge in [-0.2, -0.15) is 0 Å². The Morgan fingerprint density at radius 1 is 1.20 bits per heavy atom. The van der Waals surface area contributed by atoms with Gasteiger partial charge in [0.1, 0.15) is 5.52 Å². The monoisotopic (exact) mass is 270 g/mol. The summed E-state index contributed by atoms with van der Waals surface area (Å²) in [5, 5.41) is 0. The van der Waals surface area contributed by atoms with Gasteiger partial charge in [-0.25, -0.2) is 0 Å². The van der Waals surface area contributed by atoms with Crippen LogP contribution in [0.1, 0.15) is 25.7 Å². The molecule has 1 saturated carbocycles. The highest BCUT2D eigenvalue weighted by Crippen LogP contribution is 2.26. The van der Waals surface area contributed by atoms with Gasteiger partial charge in [-0.3, -0.25) is 0 Å². The van der Waals surface area contributed by atoms with E-state index in [1.807, 2.05) is 0 Å². The van der Waals surface area contributed by atoms with Gasteiger partial charge >= 0.3 is 0 Å². The van der Waals surface area contributed by atoms with Crippen LogP contribution in [0.5, 0.6) is 0 Å². The zero-order valence-electron chi connectivity index (χ0n) is 5.85. The van der Waals surface area contributed by atoms with Crippen molar-refractivity contribution in [2.75, 3.05) is 5.52 Å². The third kappa shape index (κ3) is 2.89. The van der Waals surface area contributed by atoms with Gasteiger partial charge in [-0.15, -0.1) is 0 Å². The van der Waals surface area contributed by atoms with Gasteiger partial charge in [0, 0.05) is 4.83 Å². The highest BCUT2D eigenvalue weighted by molar-refractivity contribution is 9.09. The fourth-order valence-electron chi connectivity index (χ4n) is 1.28. The van der Waals surface area contributed by atoms with Crippen LogP contribution < -0.4 is 0 Å². The third-order valence-corrected chi connectivity index (χ3v) is 3.08. The predicted molar refractivity (Wildman–Crippen MR) is 49.9 cm³/mol.